The third kappa shape index (κ3) is 5.24. The van der Waals surface area contributed by atoms with Gasteiger partial charge in [-0.25, -0.2) is 4.79 Å². The summed E-state index contributed by atoms with van der Waals surface area (Å²) in [6.45, 7) is 14.8. The number of amides is 2. The summed E-state index contributed by atoms with van der Waals surface area (Å²) in [6.07, 6.45) is -0.381. The fourth-order valence-corrected chi connectivity index (χ4v) is 2.34. The van der Waals surface area contributed by atoms with Gasteiger partial charge in [0.25, 0.3) is 0 Å². The lowest BCUT2D eigenvalue weighted by atomic mass is 10.0. The third-order valence-corrected chi connectivity index (χ3v) is 3.56. The van der Waals surface area contributed by atoms with Gasteiger partial charge >= 0.3 is 6.03 Å². The normalized spacial score (nSPS) is 12.9. The van der Waals surface area contributed by atoms with Crippen LogP contribution in [0.2, 0.25) is 0 Å². The van der Waals surface area contributed by atoms with Crippen molar-refractivity contribution in [2.24, 2.45) is 0 Å². The van der Waals surface area contributed by atoms with Crippen molar-refractivity contribution in [3.8, 4) is 5.75 Å². The van der Waals surface area contributed by atoms with Gasteiger partial charge in [-0.1, -0.05) is 26.0 Å². The Morgan fingerprint density at radius 2 is 1.73 bits per heavy atom. The average Bonchev–Trinajstić information content (AvgIpc) is 2.37. The topological polar surface area (TPSA) is 41.6 Å². The van der Waals surface area contributed by atoms with E-state index in [1.165, 1.54) is 5.56 Å². The van der Waals surface area contributed by atoms with Crippen molar-refractivity contribution in [3.05, 3.63) is 29.8 Å². The van der Waals surface area contributed by atoms with Crippen LogP contribution in [0.5, 0.6) is 5.75 Å². The van der Waals surface area contributed by atoms with Gasteiger partial charge in [-0.3, -0.25) is 0 Å². The molecule has 4 nitrogen and oxygen atoms in total. The molecule has 124 valence electrons. The highest BCUT2D eigenvalue weighted by Crippen LogP contribution is 2.19. The van der Waals surface area contributed by atoms with Crippen LogP contribution in [0.4, 0.5) is 4.79 Å². The smallest absolute Gasteiger partial charge is 0.320 e. The summed E-state index contributed by atoms with van der Waals surface area (Å²) < 4.78 is 5.77. The molecule has 1 atom stereocenters. The van der Waals surface area contributed by atoms with Gasteiger partial charge in [-0.2, -0.15) is 0 Å². The van der Waals surface area contributed by atoms with E-state index in [0.29, 0.717) is 12.5 Å². The highest BCUT2D eigenvalue weighted by molar-refractivity contribution is 5.75. The van der Waals surface area contributed by atoms with Crippen molar-refractivity contribution < 1.29 is 9.53 Å². The van der Waals surface area contributed by atoms with E-state index in [0.717, 1.165) is 5.75 Å². The number of nitrogens with one attached hydrogen (secondary N) is 1. The van der Waals surface area contributed by atoms with E-state index in [-0.39, 0.29) is 17.8 Å². The maximum atomic E-state index is 12.3. The molecule has 1 unspecified atom stereocenters. The zero-order chi connectivity index (χ0) is 16.9. The fraction of sp³-hybridized carbons (Fsp3) is 0.611. The van der Waals surface area contributed by atoms with Crippen LogP contribution in [-0.4, -0.2) is 29.2 Å². The SMILES string of the molecule is CCN(C(=O)NC(C)Oc1ccc(C(C)C)cc1)C(C)(C)C. The minimum atomic E-state index is -0.381. The Labute approximate surface area is 134 Å². The molecule has 0 aliphatic heterocycles. The number of hydrogen-bond acceptors (Lipinski definition) is 2. The van der Waals surface area contributed by atoms with Gasteiger partial charge in [-0.05, 0) is 58.2 Å². The Hall–Kier alpha value is -1.71. The summed E-state index contributed by atoms with van der Waals surface area (Å²) in [5.41, 5.74) is 1.06. The van der Waals surface area contributed by atoms with Crippen LogP contribution in [0.1, 0.15) is 59.9 Å². The second-order valence-electron chi connectivity index (χ2n) is 6.85. The predicted octanol–water partition coefficient (Wildman–Crippen LogP) is 4.36. The largest absolute Gasteiger partial charge is 0.471 e. The molecule has 0 aliphatic rings. The first-order valence-electron chi connectivity index (χ1n) is 8.00. The number of rotatable bonds is 5. The number of ether oxygens (including phenoxy) is 1. The number of benzene rings is 1. The summed E-state index contributed by atoms with van der Waals surface area (Å²) in [7, 11) is 0. The molecule has 0 spiro atoms. The maximum absolute atomic E-state index is 12.3. The first kappa shape index (κ1) is 18.3. The molecule has 1 aromatic carbocycles. The highest BCUT2D eigenvalue weighted by atomic mass is 16.5. The van der Waals surface area contributed by atoms with E-state index in [1.54, 1.807) is 4.90 Å². The first-order chi connectivity index (χ1) is 10.1. The molecule has 0 aromatic heterocycles. The number of carbonyl (C=O) groups excluding carboxylic acids is 1. The molecule has 22 heavy (non-hydrogen) atoms. The van der Waals surface area contributed by atoms with Gasteiger partial charge in [0.1, 0.15) is 5.75 Å². The highest BCUT2D eigenvalue weighted by Gasteiger charge is 2.25. The second kappa shape index (κ2) is 7.52. The van der Waals surface area contributed by atoms with Crippen molar-refractivity contribution in [1.82, 2.24) is 10.2 Å². The van der Waals surface area contributed by atoms with E-state index in [2.05, 4.69) is 31.3 Å². The van der Waals surface area contributed by atoms with Crippen LogP contribution >= 0.6 is 0 Å². The molecule has 1 rings (SSSR count). The molecule has 0 bridgehead atoms. The number of nitrogens with zero attached hydrogens (tertiary/aromatic N) is 1. The Kier molecular flexibility index (Phi) is 6.27. The molecule has 0 radical (unpaired) electrons. The van der Waals surface area contributed by atoms with E-state index in [4.69, 9.17) is 4.74 Å². The Balaban J connectivity index is 2.62. The van der Waals surface area contributed by atoms with Crippen LogP contribution in [0.15, 0.2) is 24.3 Å². The quantitative estimate of drug-likeness (QED) is 0.821. The monoisotopic (exact) mass is 306 g/mol. The van der Waals surface area contributed by atoms with Gasteiger partial charge in [-0.15, -0.1) is 0 Å². The molecular weight excluding hydrogens is 276 g/mol. The van der Waals surface area contributed by atoms with Crippen molar-refractivity contribution >= 4 is 6.03 Å². The van der Waals surface area contributed by atoms with E-state index in [1.807, 2.05) is 46.8 Å². The molecule has 1 aromatic rings. The standard InChI is InChI=1S/C18H30N2O2/c1-8-20(18(5,6)7)17(21)19-14(4)22-16-11-9-15(10-12-16)13(2)3/h9-14H,8H2,1-7H3,(H,19,21). The molecule has 0 heterocycles. The average molecular weight is 306 g/mol. The third-order valence-electron chi connectivity index (χ3n) is 3.56. The molecular formula is C18H30N2O2. The van der Waals surface area contributed by atoms with Crippen molar-refractivity contribution in [2.75, 3.05) is 6.54 Å². The van der Waals surface area contributed by atoms with Crippen molar-refractivity contribution in [3.63, 3.8) is 0 Å². The summed E-state index contributed by atoms with van der Waals surface area (Å²) in [6, 6.07) is 7.89. The molecule has 0 aliphatic carbocycles. The van der Waals surface area contributed by atoms with Crippen LogP contribution in [0.3, 0.4) is 0 Å². The zero-order valence-electron chi connectivity index (χ0n) is 14.9. The van der Waals surface area contributed by atoms with Gasteiger partial charge in [0.05, 0.1) is 0 Å². The fourth-order valence-electron chi connectivity index (χ4n) is 2.34. The predicted molar refractivity (Wildman–Crippen MR) is 91.3 cm³/mol. The molecule has 0 saturated heterocycles. The molecule has 0 fully saturated rings. The minimum absolute atomic E-state index is 0.110. The van der Waals surface area contributed by atoms with Gasteiger partial charge < -0.3 is 15.0 Å². The Morgan fingerprint density at radius 1 is 1.18 bits per heavy atom. The van der Waals surface area contributed by atoms with Crippen LogP contribution in [0.25, 0.3) is 0 Å². The van der Waals surface area contributed by atoms with Crippen LogP contribution < -0.4 is 10.1 Å². The molecule has 4 heteroatoms. The van der Waals surface area contributed by atoms with E-state index >= 15 is 0 Å². The number of carbonyl (C=O) groups is 1. The molecule has 2 amide bonds. The lowest BCUT2D eigenvalue weighted by Gasteiger charge is -2.35. The molecule has 1 N–H and O–H groups in total. The zero-order valence-corrected chi connectivity index (χ0v) is 14.9. The van der Waals surface area contributed by atoms with Gasteiger partial charge in [0.2, 0.25) is 0 Å². The van der Waals surface area contributed by atoms with Crippen molar-refractivity contribution in [1.29, 1.82) is 0 Å². The van der Waals surface area contributed by atoms with E-state index < -0.39 is 0 Å². The lowest BCUT2D eigenvalue weighted by molar-refractivity contribution is 0.123. The van der Waals surface area contributed by atoms with Gasteiger partial charge in [0, 0.05) is 12.1 Å². The summed E-state index contributed by atoms with van der Waals surface area (Å²) in [4.78, 5) is 14.1. The van der Waals surface area contributed by atoms with Gasteiger partial charge in [0.15, 0.2) is 6.23 Å². The molecule has 0 saturated carbocycles. The lowest BCUT2D eigenvalue weighted by Crippen LogP contribution is -2.53. The maximum Gasteiger partial charge on any atom is 0.320 e. The van der Waals surface area contributed by atoms with E-state index in [9.17, 15) is 4.79 Å². The van der Waals surface area contributed by atoms with Crippen LogP contribution in [-0.2, 0) is 0 Å². The number of hydrogen-bond donors (Lipinski definition) is 1. The minimum Gasteiger partial charge on any atom is -0.471 e. The number of urea groups is 1. The Bertz CT molecular complexity index is 475. The van der Waals surface area contributed by atoms with Crippen molar-refractivity contribution in [2.45, 2.75) is 66.2 Å². The van der Waals surface area contributed by atoms with Crippen LogP contribution in [0, 0.1) is 0 Å². The first-order valence-corrected chi connectivity index (χ1v) is 8.00. The second-order valence-corrected chi connectivity index (χ2v) is 6.85. The summed E-state index contributed by atoms with van der Waals surface area (Å²) in [5.74, 6) is 1.26. The summed E-state index contributed by atoms with van der Waals surface area (Å²) in [5, 5.41) is 2.89. The summed E-state index contributed by atoms with van der Waals surface area (Å²) >= 11 is 0. The Morgan fingerprint density at radius 3 is 2.14 bits per heavy atom.